The zero-order valence-electron chi connectivity index (χ0n) is 19.4. The Bertz CT molecular complexity index is 1150. The van der Waals surface area contributed by atoms with Crippen molar-refractivity contribution in [1.29, 1.82) is 0 Å². The predicted octanol–water partition coefficient (Wildman–Crippen LogP) is 6.22. The summed E-state index contributed by atoms with van der Waals surface area (Å²) in [4.78, 5) is 23.2. The van der Waals surface area contributed by atoms with Crippen molar-refractivity contribution in [2.24, 2.45) is 0 Å². The average Bonchev–Trinajstić information content (AvgIpc) is 2.74. The van der Waals surface area contributed by atoms with Crippen LogP contribution in [0.5, 0.6) is 5.75 Å². The second kappa shape index (κ2) is 9.55. The van der Waals surface area contributed by atoms with Crippen molar-refractivity contribution < 1.29 is 14.3 Å². The zero-order valence-corrected chi connectivity index (χ0v) is 21.0. The Kier molecular flexibility index (Phi) is 6.74. The maximum absolute atomic E-state index is 12.3. The number of halogens is 1. The Labute approximate surface area is 202 Å². The molecule has 0 saturated carbocycles. The minimum atomic E-state index is -0.491. The van der Waals surface area contributed by atoms with E-state index in [1.165, 1.54) is 0 Å². The van der Waals surface area contributed by atoms with Crippen LogP contribution in [0, 0.1) is 6.92 Å². The summed E-state index contributed by atoms with van der Waals surface area (Å²) in [7, 11) is 0. The molecule has 1 aliphatic heterocycles. The Balaban J connectivity index is 1.43. The van der Waals surface area contributed by atoms with E-state index in [9.17, 15) is 4.79 Å². The molecular formula is C25H29BrN4O3. The Morgan fingerprint density at radius 1 is 1.18 bits per heavy atom. The van der Waals surface area contributed by atoms with E-state index in [4.69, 9.17) is 9.47 Å². The SMILES string of the molecule is Cc1cccc(Nc2ncc3cc(Br)c(OC4CCN(C(=O)OC(C)(C)C)CC4)cc3n2)c1. The average molecular weight is 513 g/mol. The lowest BCUT2D eigenvalue weighted by molar-refractivity contribution is 0.0126. The molecule has 1 amide bonds. The number of amides is 1. The molecule has 1 saturated heterocycles. The number of aryl methyl sites for hydroxylation is 1. The van der Waals surface area contributed by atoms with Gasteiger partial charge in [-0.3, -0.25) is 0 Å². The van der Waals surface area contributed by atoms with E-state index in [0.29, 0.717) is 19.0 Å². The Morgan fingerprint density at radius 2 is 1.94 bits per heavy atom. The molecule has 1 aromatic heterocycles. The van der Waals surface area contributed by atoms with Gasteiger partial charge in [0, 0.05) is 49.3 Å². The molecule has 0 bridgehead atoms. The summed E-state index contributed by atoms with van der Waals surface area (Å²) < 4.78 is 12.6. The number of ether oxygens (including phenoxy) is 2. The van der Waals surface area contributed by atoms with E-state index in [2.05, 4.69) is 31.2 Å². The summed E-state index contributed by atoms with van der Waals surface area (Å²) in [6, 6.07) is 12.0. The lowest BCUT2D eigenvalue weighted by Crippen LogP contribution is -2.44. The van der Waals surface area contributed by atoms with Gasteiger partial charge in [0.2, 0.25) is 5.95 Å². The Morgan fingerprint density at radius 3 is 2.64 bits per heavy atom. The number of fused-ring (bicyclic) bond motifs is 1. The standard InChI is InChI=1S/C25H29BrN4O3/c1-16-6-5-7-18(12-16)28-23-27-15-17-13-20(26)22(14-21(17)29-23)32-19-8-10-30(11-9-19)24(31)33-25(2,3)4/h5-7,12-15,19H,8-11H2,1-4H3,(H,27,28,29). The van der Waals surface area contributed by atoms with E-state index in [0.717, 1.165) is 45.2 Å². The third-order valence-corrected chi connectivity index (χ3v) is 5.91. The highest BCUT2D eigenvalue weighted by molar-refractivity contribution is 9.10. The zero-order chi connectivity index (χ0) is 23.6. The van der Waals surface area contributed by atoms with Crippen LogP contribution in [-0.4, -0.2) is 45.8 Å². The third-order valence-electron chi connectivity index (χ3n) is 5.29. The number of anilines is 2. The van der Waals surface area contributed by atoms with Gasteiger partial charge in [0.25, 0.3) is 0 Å². The van der Waals surface area contributed by atoms with Gasteiger partial charge in [-0.1, -0.05) is 12.1 Å². The van der Waals surface area contributed by atoms with Crippen molar-refractivity contribution in [3.63, 3.8) is 0 Å². The molecule has 0 spiro atoms. The third kappa shape index (κ3) is 6.13. The summed E-state index contributed by atoms with van der Waals surface area (Å²) in [5.41, 5.74) is 2.41. The van der Waals surface area contributed by atoms with Crippen LogP contribution in [0.1, 0.15) is 39.2 Å². The molecule has 33 heavy (non-hydrogen) atoms. The Hall–Kier alpha value is -2.87. The van der Waals surface area contributed by atoms with E-state index in [-0.39, 0.29) is 12.2 Å². The number of rotatable bonds is 4. The number of aromatic nitrogens is 2. The van der Waals surface area contributed by atoms with Gasteiger partial charge in [-0.05, 0) is 67.4 Å². The van der Waals surface area contributed by atoms with Crippen molar-refractivity contribution in [3.8, 4) is 5.75 Å². The number of hydrogen-bond acceptors (Lipinski definition) is 6. The monoisotopic (exact) mass is 512 g/mol. The number of nitrogens with zero attached hydrogens (tertiary/aromatic N) is 3. The molecule has 0 unspecified atom stereocenters. The van der Waals surface area contributed by atoms with E-state index in [1.54, 1.807) is 11.1 Å². The van der Waals surface area contributed by atoms with Gasteiger partial charge in [-0.2, -0.15) is 0 Å². The first-order valence-corrected chi connectivity index (χ1v) is 11.9. The number of carbonyl (C=O) groups is 1. The molecule has 2 aromatic carbocycles. The number of likely N-dealkylation sites (tertiary alicyclic amines) is 1. The summed E-state index contributed by atoms with van der Waals surface area (Å²) in [5.74, 6) is 1.27. The molecule has 0 radical (unpaired) electrons. The quantitative estimate of drug-likeness (QED) is 0.446. The highest BCUT2D eigenvalue weighted by Gasteiger charge is 2.28. The van der Waals surface area contributed by atoms with Gasteiger partial charge in [-0.25, -0.2) is 14.8 Å². The molecule has 174 valence electrons. The fourth-order valence-electron chi connectivity index (χ4n) is 3.70. The second-order valence-electron chi connectivity index (χ2n) is 9.31. The molecule has 0 atom stereocenters. The first-order chi connectivity index (χ1) is 15.7. The topological polar surface area (TPSA) is 76.6 Å². The highest BCUT2D eigenvalue weighted by atomic mass is 79.9. The summed E-state index contributed by atoms with van der Waals surface area (Å²) in [6.45, 7) is 8.90. The van der Waals surface area contributed by atoms with Crippen molar-refractivity contribution in [2.45, 2.75) is 52.2 Å². The van der Waals surface area contributed by atoms with Gasteiger partial charge in [0.15, 0.2) is 0 Å². The van der Waals surface area contributed by atoms with Crippen LogP contribution in [0.25, 0.3) is 10.9 Å². The fourth-order valence-corrected chi connectivity index (χ4v) is 4.15. The molecule has 4 rings (SSSR count). The van der Waals surface area contributed by atoms with E-state index in [1.807, 2.05) is 64.1 Å². The minimum Gasteiger partial charge on any atom is -0.489 e. The smallest absolute Gasteiger partial charge is 0.410 e. The van der Waals surface area contributed by atoms with Crippen molar-refractivity contribution in [2.75, 3.05) is 18.4 Å². The number of hydrogen-bond donors (Lipinski definition) is 1. The largest absolute Gasteiger partial charge is 0.489 e. The lowest BCUT2D eigenvalue weighted by Gasteiger charge is -2.33. The number of benzene rings is 2. The molecule has 8 heteroatoms. The molecule has 3 aromatic rings. The molecule has 2 heterocycles. The van der Waals surface area contributed by atoms with Gasteiger partial charge < -0.3 is 19.7 Å². The van der Waals surface area contributed by atoms with Crippen molar-refractivity contribution in [1.82, 2.24) is 14.9 Å². The normalized spacial score (nSPS) is 14.9. The summed E-state index contributed by atoms with van der Waals surface area (Å²) in [6.07, 6.45) is 3.04. The van der Waals surface area contributed by atoms with Crippen LogP contribution >= 0.6 is 15.9 Å². The summed E-state index contributed by atoms with van der Waals surface area (Å²) >= 11 is 3.61. The maximum Gasteiger partial charge on any atom is 0.410 e. The van der Waals surface area contributed by atoms with Crippen LogP contribution in [-0.2, 0) is 4.74 Å². The van der Waals surface area contributed by atoms with Gasteiger partial charge >= 0.3 is 6.09 Å². The maximum atomic E-state index is 12.3. The second-order valence-corrected chi connectivity index (χ2v) is 10.2. The van der Waals surface area contributed by atoms with Crippen molar-refractivity contribution >= 4 is 44.6 Å². The first-order valence-electron chi connectivity index (χ1n) is 11.1. The van der Waals surface area contributed by atoms with Gasteiger partial charge in [0.05, 0.1) is 9.99 Å². The molecule has 1 fully saturated rings. The van der Waals surface area contributed by atoms with Crippen LogP contribution in [0.2, 0.25) is 0 Å². The number of piperidine rings is 1. The molecule has 0 aliphatic carbocycles. The minimum absolute atomic E-state index is 0.0177. The summed E-state index contributed by atoms with van der Waals surface area (Å²) in [5, 5.41) is 4.18. The van der Waals surface area contributed by atoms with Crippen LogP contribution < -0.4 is 10.1 Å². The highest BCUT2D eigenvalue weighted by Crippen LogP contribution is 2.32. The molecule has 1 aliphatic rings. The van der Waals surface area contributed by atoms with E-state index < -0.39 is 5.60 Å². The first kappa shape index (κ1) is 23.3. The number of carbonyl (C=O) groups excluding carboxylic acids is 1. The fraction of sp³-hybridized carbons (Fsp3) is 0.400. The number of nitrogens with one attached hydrogen (secondary N) is 1. The van der Waals surface area contributed by atoms with Gasteiger partial charge in [-0.15, -0.1) is 0 Å². The molecular weight excluding hydrogens is 484 g/mol. The predicted molar refractivity (Wildman–Crippen MR) is 133 cm³/mol. The van der Waals surface area contributed by atoms with E-state index >= 15 is 0 Å². The van der Waals surface area contributed by atoms with Crippen LogP contribution in [0.3, 0.4) is 0 Å². The van der Waals surface area contributed by atoms with Crippen molar-refractivity contribution in [3.05, 3.63) is 52.6 Å². The van der Waals surface area contributed by atoms with Crippen LogP contribution in [0.15, 0.2) is 47.1 Å². The molecule has 7 nitrogen and oxygen atoms in total. The van der Waals surface area contributed by atoms with Gasteiger partial charge in [0.1, 0.15) is 17.5 Å². The molecule has 1 N–H and O–H groups in total. The lowest BCUT2D eigenvalue weighted by atomic mass is 10.1. The van der Waals surface area contributed by atoms with Crippen LogP contribution in [0.4, 0.5) is 16.4 Å².